The van der Waals surface area contributed by atoms with Gasteiger partial charge in [0.2, 0.25) is 0 Å². The van der Waals surface area contributed by atoms with E-state index >= 15 is 0 Å². The highest BCUT2D eigenvalue weighted by molar-refractivity contribution is 5.93. The largest absolute Gasteiger partial charge is 0.493 e. The first-order chi connectivity index (χ1) is 14.3. The monoisotopic (exact) mass is 395 g/mol. The van der Waals surface area contributed by atoms with E-state index in [2.05, 4.69) is 33.7 Å². The smallest absolute Gasteiger partial charge is 0.195 e. The Morgan fingerprint density at radius 3 is 2.93 bits per heavy atom. The molecule has 0 spiro atoms. The molecule has 3 rings (SSSR count). The molecule has 3 aromatic rings. The Morgan fingerprint density at radius 2 is 2.10 bits per heavy atom. The predicted octanol–water partition coefficient (Wildman–Crippen LogP) is 3.37. The Morgan fingerprint density at radius 1 is 1.17 bits per heavy atom. The van der Waals surface area contributed by atoms with Crippen molar-refractivity contribution in [1.82, 2.24) is 14.7 Å². The van der Waals surface area contributed by atoms with Crippen molar-refractivity contribution in [2.45, 2.75) is 19.8 Å². The van der Waals surface area contributed by atoms with E-state index in [1.165, 1.54) is 0 Å². The molecule has 1 aromatic carbocycles. The fourth-order valence-corrected chi connectivity index (χ4v) is 2.89. The van der Waals surface area contributed by atoms with Gasteiger partial charge in [-0.2, -0.15) is 0 Å². The number of pyridine rings is 1. The van der Waals surface area contributed by atoms with Crippen LogP contribution >= 0.6 is 0 Å². The first-order valence-corrected chi connectivity index (χ1v) is 9.98. The molecular formula is C22H29N5O2. The Labute approximate surface area is 171 Å². The number of guanidine groups is 1. The van der Waals surface area contributed by atoms with Gasteiger partial charge in [-0.05, 0) is 31.2 Å². The van der Waals surface area contributed by atoms with Crippen LogP contribution in [-0.2, 0) is 11.2 Å². The molecular weight excluding hydrogens is 366 g/mol. The lowest BCUT2D eigenvalue weighted by molar-refractivity contribution is 0.172. The van der Waals surface area contributed by atoms with E-state index in [9.17, 15) is 0 Å². The van der Waals surface area contributed by atoms with Crippen LogP contribution < -0.4 is 15.4 Å². The molecule has 0 unspecified atom stereocenters. The number of ether oxygens (including phenoxy) is 2. The summed E-state index contributed by atoms with van der Waals surface area (Å²) in [5.41, 5.74) is 2.92. The fourth-order valence-electron chi connectivity index (χ4n) is 2.89. The number of imidazole rings is 1. The van der Waals surface area contributed by atoms with Gasteiger partial charge in [0.25, 0.3) is 0 Å². The Balaban J connectivity index is 1.57. The van der Waals surface area contributed by atoms with Crippen LogP contribution in [-0.4, -0.2) is 48.8 Å². The van der Waals surface area contributed by atoms with Crippen molar-refractivity contribution in [2.75, 3.05) is 38.7 Å². The van der Waals surface area contributed by atoms with Gasteiger partial charge in [0.05, 0.1) is 12.3 Å². The average molecular weight is 396 g/mol. The molecule has 0 radical (unpaired) electrons. The summed E-state index contributed by atoms with van der Waals surface area (Å²) in [6.45, 7) is 4.81. The molecule has 2 aromatic heterocycles. The highest BCUT2D eigenvalue weighted by Crippen LogP contribution is 2.17. The predicted molar refractivity (Wildman–Crippen MR) is 117 cm³/mol. The van der Waals surface area contributed by atoms with Crippen LogP contribution in [0.1, 0.15) is 19.0 Å². The van der Waals surface area contributed by atoms with E-state index < -0.39 is 0 Å². The first kappa shape index (κ1) is 20.7. The highest BCUT2D eigenvalue weighted by atomic mass is 16.5. The van der Waals surface area contributed by atoms with Crippen molar-refractivity contribution in [3.63, 3.8) is 0 Å². The summed E-state index contributed by atoms with van der Waals surface area (Å²) in [5.74, 6) is 1.57. The van der Waals surface area contributed by atoms with Gasteiger partial charge in [0.1, 0.15) is 11.4 Å². The summed E-state index contributed by atoms with van der Waals surface area (Å²) in [4.78, 5) is 9.30. The fraction of sp³-hybridized carbons (Fsp3) is 0.364. The molecule has 0 amide bonds. The van der Waals surface area contributed by atoms with Crippen molar-refractivity contribution in [2.24, 2.45) is 4.99 Å². The Bertz CT molecular complexity index is 889. The van der Waals surface area contributed by atoms with Crippen molar-refractivity contribution < 1.29 is 9.47 Å². The maximum absolute atomic E-state index is 5.77. The third-order valence-corrected chi connectivity index (χ3v) is 4.25. The minimum absolute atomic E-state index is 0.629. The second-order valence-electron chi connectivity index (χ2n) is 6.56. The molecule has 2 N–H and O–H groups in total. The number of nitrogens with one attached hydrogen (secondary N) is 2. The zero-order valence-electron chi connectivity index (χ0n) is 17.1. The van der Waals surface area contributed by atoms with Gasteiger partial charge in [0.15, 0.2) is 5.96 Å². The first-order valence-electron chi connectivity index (χ1n) is 9.98. The molecule has 0 fully saturated rings. The zero-order chi connectivity index (χ0) is 20.3. The molecule has 0 bridgehead atoms. The Hall–Kier alpha value is -3.06. The number of aromatic nitrogens is 2. The standard InChI is InChI=1S/C22H29N5O2/c1-3-23-22(24-12-11-19-17-27-13-5-4-10-21(27)25-19)26-18-8-6-9-20(16-18)29-15-7-14-28-2/h4-6,8-10,13,16-17H,3,7,11-12,14-15H2,1-2H3,(H2,23,24,26). The molecule has 29 heavy (non-hydrogen) atoms. The van der Waals surface area contributed by atoms with Crippen LogP contribution in [0.25, 0.3) is 5.65 Å². The molecule has 0 saturated carbocycles. The van der Waals surface area contributed by atoms with E-state index in [1.807, 2.05) is 53.1 Å². The van der Waals surface area contributed by atoms with Crippen LogP contribution in [0, 0.1) is 0 Å². The second kappa shape index (κ2) is 11.1. The molecule has 7 nitrogen and oxygen atoms in total. The van der Waals surface area contributed by atoms with Gasteiger partial charge in [-0.25, -0.2) is 4.98 Å². The number of hydrogen-bond donors (Lipinski definition) is 2. The van der Waals surface area contributed by atoms with E-state index in [4.69, 9.17) is 9.47 Å². The van der Waals surface area contributed by atoms with E-state index in [1.54, 1.807) is 7.11 Å². The number of fused-ring (bicyclic) bond motifs is 1. The van der Waals surface area contributed by atoms with Crippen molar-refractivity contribution in [3.8, 4) is 5.75 Å². The van der Waals surface area contributed by atoms with E-state index in [0.29, 0.717) is 19.8 Å². The van der Waals surface area contributed by atoms with Crippen LogP contribution in [0.15, 0.2) is 59.9 Å². The number of methoxy groups -OCH3 is 1. The number of aliphatic imine (C=N–C) groups is 1. The minimum atomic E-state index is 0.629. The normalized spacial score (nSPS) is 11.6. The second-order valence-corrected chi connectivity index (χ2v) is 6.56. The molecule has 0 saturated heterocycles. The van der Waals surface area contributed by atoms with E-state index in [-0.39, 0.29) is 0 Å². The van der Waals surface area contributed by atoms with Crippen LogP contribution in [0.2, 0.25) is 0 Å². The van der Waals surface area contributed by atoms with Gasteiger partial charge >= 0.3 is 0 Å². The van der Waals surface area contributed by atoms with Gasteiger partial charge in [-0.15, -0.1) is 0 Å². The molecule has 154 valence electrons. The lowest BCUT2D eigenvalue weighted by atomic mass is 10.3. The summed E-state index contributed by atoms with van der Waals surface area (Å²) < 4.78 is 12.8. The summed E-state index contributed by atoms with van der Waals surface area (Å²) in [7, 11) is 1.70. The number of benzene rings is 1. The average Bonchev–Trinajstić information content (AvgIpc) is 3.14. The van der Waals surface area contributed by atoms with Gasteiger partial charge in [-0.3, -0.25) is 4.99 Å². The zero-order valence-corrected chi connectivity index (χ0v) is 17.1. The lowest BCUT2D eigenvalue weighted by Gasteiger charge is -2.12. The summed E-state index contributed by atoms with van der Waals surface area (Å²) in [6, 6.07) is 13.9. The molecule has 7 heteroatoms. The number of nitrogens with zero attached hydrogens (tertiary/aromatic N) is 3. The van der Waals surface area contributed by atoms with E-state index in [0.717, 1.165) is 48.1 Å². The van der Waals surface area contributed by atoms with Crippen LogP contribution in [0.5, 0.6) is 5.75 Å². The maximum atomic E-state index is 5.77. The van der Waals surface area contributed by atoms with Crippen LogP contribution in [0.3, 0.4) is 0 Å². The number of anilines is 1. The molecule has 2 heterocycles. The highest BCUT2D eigenvalue weighted by Gasteiger charge is 2.03. The maximum Gasteiger partial charge on any atom is 0.195 e. The molecule has 0 atom stereocenters. The summed E-state index contributed by atoms with van der Waals surface area (Å²) >= 11 is 0. The SMILES string of the molecule is CCNC(=NCCc1cn2ccccc2n1)Nc1cccc(OCCCOC)c1. The topological polar surface area (TPSA) is 72.2 Å². The summed E-state index contributed by atoms with van der Waals surface area (Å²) in [5, 5.41) is 6.62. The molecule has 0 aliphatic heterocycles. The van der Waals surface area contributed by atoms with Gasteiger partial charge < -0.3 is 24.5 Å². The van der Waals surface area contributed by atoms with Crippen molar-refractivity contribution in [3.05, 3.63) is 60.6 Å². The number of hydrogen-bond acceptors (Lipinski definition) is 4. The van der Waals surface area contributed by atoms with Gasteiger partial charge in [-0.1, -0.05) is 12.1 Å². The lowest BCUT2D eigenvalue weighted by Crippen LogP contribution is -2.30. The van der Waals surface area contributed by atoms with Crippen LogP contribution in [0.4, 0.5) is 5.69 Å². The number of rotatable bonds is 10. The third-order valence-electron chi connectivity index (χ3n) is 4.25. The third kappa shape index (κ3) is 6.50. The molecule has 0 aliphatic rings. The molecule has 0 aliphatic carbocycles. The quantitative estimate of drug-likeness (QED) is 0.313. The van der Waals surface area contributed by atoms with Crippen molar-refractivity contribution in [1.29, 1.82) is 0 Å². The Kier molecular flexibility index (Phi) is 7.89. The minimum Gasteiger partial charge on any atom is -0.493 e. The summed E-state index contributed by atoms with van der Waals surface area (Å²) in [6.07, 6.45) is 5.70. The van der Waals surface area contributed by atoms with Gasteiger partial charge in [0, 0.05) is 63.8 Å². The van der Waals surface area contributed by atoms with Crippen molar-refractivity contribution >= 4 is 17.3 Å².